The SMILES string of the molecule is CC(C)(C)OC(=O)CCC(=O)CBr.CC(C)(C)OC(=O)CCC(=O)O. The molecular weight excluding hydrogens is 396 g/mol. The lowest BCUT2D eigenvalue weighted by molar-refractivity contribution is -0.157. The molecule has 0 aromatic carbocycles. The van der Waals surface area contributed by atoms with Gasteiger partial charge in [0, 0.05) is 6.42 Å². The predicted molar refractivity (Wildman–Crippen MR) is 96.6 cm³/mol. The third-order valence-corrected chi connectivity index (χ3v) is 2.77. The summed E-state index contributed by atoms with van der Waals surface area (Å²) in [5, 5.41) is 8.55. The number of hydrogen-bond donors (Lipinski definition) is 1. The lowest BCUT2D eigenvalue weighted by atomic mass is 10.2. The smallest absolute Gasteiger partial charge is 0.306 e. The molecule has 1 N–H and O–H groups in total. The molecule has 0 atom stereocenters. The van der Waals surface area contributed by atoms with Gasteiger partial charge in [-0.05, 0) is 41.5 Å². The third kappa shape index (κ3) is 22.6. The van der Waals surface area contributed by atoms with Gasteiger partial charge in [0.05, 0.1) is 24.6 Å². The van der Waals surface area contributed by atoms with Gasteiger partial charge < -0.3 is 14.6 Å². The third-order valence-electron chi connectivity index (χ3n) is 2.14. The van der Waals surface area contributed by atoms with Crippen molar-refractivity contribution < 1.29 is 33.8 Å². The number of esters is 2. The van der Waals surface area contributed by atoms with Crippen molar-refractivity contribution in [3.05, 3.63) is 0 Å². The fourth-order valence-corrected chi connectivity index (χ4v) is 1.58. The van der Waals surface area contributed by atoms with Crippen LogP contribution in [0.4, 0.5) is 0 Å². The molecule has 0 radical (unpaired) electrons. The summed E-state index contributed by atoms with van der Waals surface area (Å²) in [6.07, 6.45) is 0.184. The second-order valence-electron chi connectivity index (χ2n) is 7.24. The molecule has 0 heterocycles. The molecule has 7 nitrogen and oxygen atoms in total. The van der Waals surface area contributed by atoms with Gasteiger partial charge in [0.2, 0.25) is 0 Å². The van der Waals surface area contributed by atoms with Gasteiger partial charge >= 0.3 is 17.9 Å². The number of ether oxygens (including phenoxy) is 2. The number of carbonyl (C=O) groups excluding carboxylic acids is 3. The monoisotopic (exact) mass is 424 g/mol. The summed E-state index contributed by atoms with van der Waals surface area (Å²) in [6, 6.07) is 0. The van der Waals surface area contributed by atoms with Crippen molar-refractivity contribution >= 4 is 39.6 Å². The zero-order chi connectivity index (χ0) is 20.3. The number of aliphatic carboxylic acids is 1. The van der Waals surface area contributed by atoms with Crippen LogP contribution in [-0.2, 0) is 28.7 Å². The van der Waals surface area contributed by atoms with Crippen molar-refractivity contribution in [1.29, 1.82) is 0 Å². The van der Waals surface area contributed by atoms with Crippen LogP contribution >= 0.6 is 15.9 Å². The number of carboxylic acids is 1. The quantitative estimate of drug-likeness (QED) is 0.493. The second kappa shape index (κ2) is 12.0. The van der Waals surface area contributed by atoms with Crippen LogP contribution in [-0.4, -0.2) is 45.3 Å². The minimum absolute atomic E-state index is 0.0193. The van der Waals surface area contributed by atoms with Gasteiger partial charge in [-0.2, -0.15) is 0 Å². The second-order valence-corrected chi connectivity index (χ2v) is 7.80. The first kappa shape index (κ1) is 25.8. The number of rotatable bonds is 7. The van der Waals surface area contributed by atoms with Gasteiger partial charge in [-0.1, -0.05) is 15.9 Å². The first-order chi connectivity index (χ1) is 11.2. The van der Waals surface area contributed by atoms with Crippen LogP contribution < -0.4 is 0 Å². The van der Waals surface area contributed by atoms with Gasteiger partial charge in [-0.15, -0.1) is 0 Å². The molecule has 0 spiro atoms. The highest BCUT2D eigenvalue weighted by molar-refractivity contribution is 9.09. The van der Waals surface area contributed by atoms with E-state index < -0.39 is 23.1 Å². The highest BCUT2D eigenvalue weighted by Gasteiger charge is 2.17. The first-order valence-electron chi connectivity index (χ1n) is 7.89. The van der Waals surface area contributed by atoms with E-state index in [-0.39, 0.29) is 37.4 Å². The predicted octanol–water partition coefficient (Wildman–Crippen LogP) is 3.27. The molecular formula is C17H29BrO7. The van der Waals surface area contributed by atoms with Crippen molar-refractivity contribution in [2.75, 3.05) is 5.33 Å². The molecule has 0 amide bonds. The van der Waals surface area contributed by atoms with E-state index in [0.29, 0.717) is 5.33 Å². The van der Waals surface area contributed by atoms with Gasteiger partial charge in [0.25, 0.3) is 0 Å². The number of hydrogen-bond acceptors (Lipinski definition) is 6. The summed E-state index contributed by atoms with van der Waals surface area (Å²) in [4.78, 5) is 42.9. The molecule has 0 rings (SSSR count). The van der Waals surface area contributed by atoms with Crippen molar-refractivity contribution in [2.24, 2.45) is 0 Å². The summed E-state index contributed by atoms with van der Waals surface area (Å²) >= 11 is 3.02. The Morgan fingerprint density at radius 2 is 1.12 bits per heavy atom. The standard InChI is InChI=1S/C9H15BrO3.C8H14O4/c1-9(2,3)13-8(12)5-4-7(11)6-10;1-8(2,3)12-7(11)5-4-6(9)10/h4-6H2,1-3H3;4-5H2,1-3H3,(H,9,10). The Bertz CT molecular complexity index is 459. The minimum Gasteiger partial charge on any atom is -0.481 e. The van der Waals surface area contributed by atoms with E-state index in [4.69, 9.17) is 14.6 Å². The van der Waals surface area contributed by atoms with Crippen molar-refractivity contribution in [2.45, 2.75) is 78.4 Å². The van der Waals surface area contributed by atoms with E-state index in [1.54, 1.807) is 41.5 Å². The van der Waals surface area contributed by atoms with Crippen LogP contribution in [0.1, 0.15) is 67.2 Å². The van der Waals surface area contributed by atoms with Gasteiger partial charge in [-0.25, -0.2) is 0 Å². The van der Waals surface area contributed by atoms with Crippen LogP contribution in [0.5, 0.6) is 0 Å². The molecule has 8 heteroatoms. The molecule has 0 aromatic heterocycles. The van der Waals surface area contributed by atoms with E-state index in [1.807, 2.05) is 0 Å². The largest absolute Gasteiger partial charge is 0.481 e. The highest BCUT2D eigenvalue weighted by atomic mass is 79.9. The van der Waals surface area contributed by atoms with E-state index in [1.165, 1.54) is 0 Å². The zero-order valence-electron chi connectivity index (χ0n) is 15.8. The Balaban J connectivity index is 0. The van der Waals surface area contributed by atoms with Crippen molar-refractivity contribution in [3.63, 3.8) is 0 Å². The van der Waals surface area contributed by atoms with Gasteiger partial charge in [0.1, 0.15) is 17.0 Å². The first-order valence-corrected chi connectivity index (χ1v) is 9.01. The molecule has 0 aliphatic heterocycles. The fourth-order valence-electron chi connectivity index (χ4n) is 1.30. The van der Waals surface area contributed by atoms with Gasteiger partial charge in [0.15, 0.2) is 0 Å². The Kier molecular flexibility index (Phi) is 12.4. The molecule has 0 aromatic rings. The van der Waals surface area contributed by atoms with Crippen LogP contribution in [0.2, 0.25) is 0 Å². The summed E-state index contributed by atoms with van der Waals surface area (Å²) in [5.74, 6) is -1.75. The molecule has 0 saturated carbocycles. The van der Waals surface area contributed by atoms with E-state index in [2.05, 4.69) is 15.9 Å². The molecule has 0 aliphatic rings. The Morgan fingerprint density at radius 3 is 1.40 bits per heavy atom. The molecule has 25 heavy (non-hydrogen) atoms. The maximum absolute atomic E-state index is 11.1. The van der Waals surface area contributed by atoms with E-state index >= 15 is 0 Å². The van der Waals surface area contributed by atoms with Crippen LogP contribution in [0.3, 0.4) is 0 Å². The zero-order valence-corrected chi connectivity index (χ0v) is 17.4. The Labute approximate surface area is 157 Å². The highest BCUT2D eigenvalue weighted by Crippen LogP contribution is 2.10. The number of halogens is 1. The molecule has 0 bridgehead atoms. The maximum Gasteiger partial charge on any atom is 0.306 e. The summed E-state index contributed by atoms with van der Waals surface area (Å²) in [5.41, 5.74) is -0.996. The lowest BCUT2D eigenvalue weighted by Gasteiger charge is -2.19. The molecule has 0 saturated heterocycles. The normalized spacial score (nSPS) is 11.0. The maximum atomic E-state index is 11.1. The average Bonchev–Trinajstić information content (AvgIpc) is 2.39. The molecule has 146 valence electrons. The van der Waals surface area contributed by atoms with Crippen molar-refractivity contribution in [1.82, 2.24) is 0 Å². The number of carbonyl (C=O) groups is 4. The van der Waals surface area contributed by atoms with Crippen LogP contribution in [0.25, 0.3) is 0 Å². The molecule has 0 unspecified atom stereocenters. The van der Waals surface area contributed by atoms with Crippen LogP contribution in [0.15, 0.2) is 0 Å². The van der Waals surface area contributed by atoms with Crippen LogP contribution in [0, 0.1) is 0 Å². The van der Waals surface area contributed by atoms with Crippen molar-refractivity contribution in [3.8, 4) is 0 Å². The Morgan fingerprint density at radius 1 is 0.760 bits per heavy atom. The number of alkyl halides is 1. The average molecular weight is 425 g/mol. The number of Topliss-reactive ketones (excluding diaryl/α,β-unsaturated/α-hetero) is 1. The Hall–Kier alpha value is -1.44. The lowest BCUT2D eigenvalue weighted by Crippen LogP contribution is -2.24. The molecule has 0 fully saturated rings. The summed E-state index contributed by atoms with van der Waals surface area (Å²) < 4.78 is 9.91. The summed E-state index contributed by atoms with van der Waals surface area (Å²) in [6.45, 7) is 10.6. The van der Waals surface area contributed by atoms with E-state index in [9.17, 15) is 19.2 Å². The number of ketones is 1. The van der Waals surface area contributed by atoms with E-state index in [0.717, 1.165) is 0 Å². The van der Waals surface area contributed by atoms with Gasteiger partial charge in [-0.3, -0.25) is 19.2 Å². The summed E-state index contributed by atoms with van der Waals surface area (Å²) in [7, 11) is 0. The molecule has 0 aliphatic carbocycles. The fraction of sp³-hybridized carbons (Fsp3) is 0.765. The topological polar surface area (TPSA) is 107 Å². The minimum atomic E-state index is -0.985. The number of carboxylic acid groups (broad SMARTS) is 1.